The lowest BCUT2D eigenvalue weighted by Gasteiger charge is -2.02. The highest BCUT2D eigenvalue weighted by Gasteiger charge is 2.19. The number of rotatable bonds is 4. The van der Waals surface area contributed by atoms with Crippen molar-refractivity contribution in [3.05, 3.63) is 64.4 Å². The summed E-state index contributed by atoms with van der Waals surface area (Å²) in [4.78, 5) is 22.3. The van der Waals surface area contributed by atoms with Gasteiger partial charge in [-0.3, -0.25) is 14.6 Å². The molecule has 1 amide bonds. The number of aldehydes is 1. The zero-order valence-corrected chi connectivity index (χ0v) is 16.3. The van der Waals surface area contributed by atoms with E-state index in [0.29, 0.717) is 5.92 Å². The lowest BCUT2D eigenvalue weighted by molar-refractivity contribution is -0.129. The normalized spacial score (nSPS) is 12.2. The molecule has 28 heavy (non-hydrogen) atoms. The number of halogens is 2. The van der Waals surface area contributed by atoms with Crippen LogP contribution in [0.5, 0.6) is 0 Å². The number of fused-ring (bicyclic) bond motifs is 1. The van der Waals surface area contributed by atoms with Gasteiger partial charge in [-0.1, -0.05) is 35.9 Å². The van der Waals surface area contributed by atoms with Crippen molar-refractivity contribution in [2.75, 3.05) is 18.9 Å². The van der Waals surface area contributed by atoms with Crippen LogP contribution in [0.25, 0.3) is 0 Å². The van der Waals surface area contributed by atoms with Gasteiger partial charge < -0.3 is 16.8 Å². The number of nitrogens with one attached hydrogen (secondary N) is 1. The number of amides is 1. The quantitative estimate of drug-likeness (QED) is 0.313. The highest BCUT2D eigenvalue weighted by atomic mass is 35.5. The Hall–Kier alpha value is -2.93. The van der Waals surface area contributed by atoms with Gasteiger partial charge in [0.25, 0.3) is 5.91 Å². The second-order valence-corrected chi connectivity index (χ2v) is 6.36. The second-order valence-electron chi connectivity index (χ2n) is 5.96. The number of hydrogen-bond donors (Lipinski definition) is 3. The summed E-state index contributed by atoms with van der Waals surface area (Å²) in [7, 11) is 1.72. The Kier molecular flexibility index (Phi) is 10.3. The topological polar surface area (TPSA) is 111 Å². The maximum Gasteiger partial charge on any atom is 0.281 e. The van der Waals surface area contributed by atoms with Crippen molar-refractivity contribution in [1.82, 2.24) is 0 Å². The largest absolute Gasteiger partial charge is 0.390 e. The van der Waals surface area contributed by atoms with Crippen LogP contribution in [-0.4, -0.2) is 32.1 Å². The maximum atomic E-state index is 12.6. The Balaban J connectivity index is 0.000000233. The van der Waals surface area contributed by atoms with Gasteiger partial charge in [0.05, 0.1) is 11.4 Å². The van der Waals surface area contributed by atoms with E-state index < -0.39 is 11.7 Å². The molecule has 1 aliphatic carbocycles. The van der Waals surface area contributed by atoms with Crippen molar-refractivity contribution in [2.24, 2.45) is 22.4 Å². The summed E-state index contributed by atoms with van der Waals surface area (Å²) < 4.78 is 12.6. The van der Waals surface area contributed by atoms with Crippen molar-refractivity contribution in [3.63, 3.8) is 0 Å². The van der Waals surface area contributed by atoms with Crippen LogP contribution in [0.15, 0.2) is 47.5 Å². The highest BCUT2D eigenvalue weighted by Crippen LogP contribution is 2.26. The van der Waals surface area contributed by atoms with E-state index in [-0.39, 0.29) is 11.3 Å². The summed E-state index contributed by atoms with van der Waals surface area (Å²) in [5.41, 5.74) is 13.2. The van der Waals surface area contributed by atoms with Crippen molar-refractivity contribution >= 4 is 35.8 Å². The molecule has 0 aromatic heterocycles. The summed E-state index contributed by atoms with van der Waals surface area (Å²) >= 11 is 5.43. The van der Waals surface area contributed by atoms with E-state index in [1.165, 1.54) is 29.6 Å². The van der Waals surface area contributed by atoms with Gasteiger partial charge in [0, 0.05) is 19.3 Å². The van der Waals surface area contributed by atoms with E-state index in [1.807, 2.05) is 0 Å². The van der Waals surface area contributed by atoms with Gasteiger partial charge >= 0.3 is 0 Å². The van der Waals surface area contributed by atoms with Gasteiger partial charge in [0.15, 0.2) is 0 Å². The molecule has 6 nitrogen and oxygen atoms in total. The van der Waals surface area contributed by atoms with Gasteiger partial charge in [0.2, 0.25) is 6.29 Å². The van der Waals surface area contributed by atoms with E-state index in [4.69, 9.17) is 22.1 Å². The first kappa shape index (κ1) is 23.1. The molecule has 0 atom stereocenters. The third-order valence-electron chi connectivity index (χ3n) is 3.93. The first-order chi connectivity index (χ1) is 13.4. The molecule has 0 heterocycles. The van der Waals surface area contributed by atoms with E-state index in [1.54, 1.807) is 13.1 Å². The number of aliphatic imine (C=N–C) groups is 1. The average Bonchev–Trinajstić information content (AvgIpc) is 3.12. The third kappa shape index (κ3) is 8.18. The molecule has 0 saturated heterocycles. The summed E-state index contributed by atoms with van der Waals surface area (Å²) in [6, 6.07) is 13.2. The number of anilines is 1. The smallest absolute Gasteiger partial charge is 0.281 e. The second kappa shape index (κ2) is 12.5. The van der Waals surface area contributed by atoms with Crippen LogP contribution in [0, 0.1) is 11.7 Å². The molecule has 0 unspecified atom stereocenters. The Morgan fingerprint density at radius 1 is 1.29 bits per heavy atom. The number of benzene rings is 2. The SMILES string of the molecule is CNc1ccc(Cl)c(F)c1.NC(=O)C=O.NC=NCC1Cc2ccccc2C1. The molecule has 0 aliphatic heterocycles. The number of nitrogens with zero attached hydrogens (tertiary/aromatic N) is 1. The number of carbonyl (C=O) groups excluding carboxylic acids is 2. The number of nitrogens with two attached hydrogens (primary N) is 2. The van der Waals surface area contributed by atoms with E-state index in [2.05, 4.69) is 40.3 Å². The molecule has 3 rings (SSSR count). The number of primary amides is 1. The fourth-order valence-corrected chi connectivity index (χ4v) is 2.76. The number of hydrogen-bond acceptors (Lipinski definition) is 4. The lowest BCUT2D eigenvalue weighted by Crippen LogP contribution is -2.10. The molecule has 0 saturated carbocycles. The van der Waals surface area contributed by atoms with Crippen molar-refractivity contribution in [1.29, 1.82) is 0 Å². The Bertz CT molecular complexity index is 790. The van der Waals surface area contributed by atoms with Gasteiger partial charge in [-0.2, -0.15) is 0 Å². The molecule has 0 radical (unpaired) electrons. The Morgan fingerprint density at radius 2 is 1.86 bits per heavy atom. The van der Waals surface area contributed by atoms with Crippen LogP contribution >= 0.6 is 11.6 Å². The minimum atomic E-state index is -0.926. The van der Waals surface area contributed by atoms with Gasteiger partial charge in [-0.25, -0.2) is 4.39 Å². The first-order valence-electron chi connectivity index (χ1n) is 8.55. The third-order valence-corrected chi connectivity index (χ3v) is 4.24. The fraction of sp³-hybridized carbons (Fsp3) is 0.250. The molecule has 5 N–H and O–H groups in total. The van der Waals surface area contributed by atoms with Crippen molar-refractivity contribution in [2.45, 2.75) is 12.8 Å². The maximum absolute atomic E-state index is 12.6. The molecule has 2 aromatic rings. The monoisotopic (exact) mass is 406 g/mol. The first-order valence-corrected chi connectivity index (χ1v) is 8.93. The van der Waals surface area contributed by atoms with Crippen LogP contribution in [0.4, 0.5) is 10.1 Å². The Labute approximate surface area is 168 Å². The van der Waals surface area contributed by atoms with Crippen LogP contribution in [0.3, 0.4) is 0 Å². The average molecular weight is 407 g/mol. The minimum absolute atomic E-state index is 0.0556. The fourth-order valence-electron chi connectivity index (χ4n) is 2.64. The molecule has 0 bridgehead atoms. The van der Waals surface area contributed by atoms with Gasteiger partial charge in [-0.15, -0.1) is 0 Å². The molecule has 8 heteroatoms. The van der Waals surface area contributed by atoms with Crippen molar-refractivity contribution < 1.29 is 14.0 Å². The number of carbonyl (C=O) groups is 2. The summed E-state index contributed by atoms with van der Waals surface area (Å²) in [6.45, 7) is 0.866. The summed E-state index contributed by atoms with van der Waals surface area (Å²) in [6.07, 6.45) is 3.78. The van der Waals surface area contributed by atoms with Crippen LogP contribution in [-0.2, 0) is 22.4 Å². The standard InChI is InChI=1S/C11H14N2.C7H7ClFN.C2H3NO2/c12-8-13-7-9-5-10-3-1-2-4-11(10)6-9;1-10-5-2-3-6(8)7(9)4-5;3-2(5)1-4/h1-4,8-9H,5-7H2,(H2,12,13);2-4,10H,1H3;1H,(H2,3,5). The predicted molar refractivity (Wildman–Crippen MR) is 111 cm³/mol. The van der Waals surface area contributed by atoms with Crippen molar-refractivity contribution in [3.8, 4) is 0 Å². The molecule has 0 fully saturated rings. The van der Waals surface area contributed by atoms with E-state index in [0.717, 1.165) is 25.1 Å². The van der Waals surface area contributed by atoms with E-state index in [9.17, 15) is 9.18 Å². The highest BCUT2D eigenvalue weighted by molar-refractivity contribution is 6.30. The van der Waals surface area contributed by atoms with Crippen LogP contribution < -0.4 is 16.8 Å². The van der Waals surface area contributed by atoms with Gasteiger partial charge in [-0.05, 0) is 48.1 Å². The lowest BCUT2D eigenvalue weighted by atomic mass is 10.1. The molecular formula is C20H24ClFN4O2. The molecule has 1 aliphatic rings. The molecular weight excluding hydrogens is 383 g/mol. The molecule has 150 valence electrons. The van der Waals surface area contributed by atoms with Gasteiger partial charge in [0.1, 0.15) is 5.82 Å². The summed E-state index contributed by atoms with van der Waals surface area (Å²) in [5.74, 6) is -0.657. The zero-order chi connectivity index (χ0) is 20.9. The van der Waals surface area contributed by atoms with E-state index >= 15 is 0 Å². The molecule has 0 spiro atoms. The summed E-state index contributed by atoms with van der Waals surface area (Å²) in [5, 5.41) is 2.95. The Morgan fingerprint density at radius 3 is 2.29 bits per heavy atom. The molecule has 2 aromatic carbocycles. The predicted octanol–water partition coefficient (Wildman–Crippen LogP) is 2.58. The van der Waals surface area contributed by atoms with Crippen LogP contribution in [0.2, 0.25) is 5.02 Å². The zero-order valence-electron chi connectivity index (χ0n) is 15.6. The minimum Gasteiger partial charge on any atom is -0.390 e. The van der Waals surface area contributed by atoms with Crippen LogP contribution in [0.1, 0.15) is 11.1 Å².